The highest BCUT2D eigenvalue weighted by Crippen LogP contribution is 2.39. The number of halogens is 3. The van der Waals surface area contributed by atoms with E-state index in [0.717, 1.165) is 22.8 Å². The number of para-hydroxylation sites is 1. The van der Waals surface area contributed by atoms with Gasteiger partial charge in [0.2, 0.25) is 0 Å². The molecule has 39 heavy (non-hydrogen) atoms. The maximum atomic E-state index is 13.4. The van der Waals surface area contributed by atoms with E-state index in [4.69, 9.17) is 0 Å². The highest BCUT2D eigenvalue weighted by Gasteiger charge is 2.45. The van der Waals surface area contributed by atoms with Gasteiger partial charge in [0, 0.05) is 42.6 Å². The summed E-state index contributed by atoms with van der Waals surface area (Å²) in [5.41, 5.74) is 0.659. The monoisotopic (exact) mass is 600 g/mol. The smallest absolute Gasteiger partial charge is 0.392 e. The Morgan fingerprint density at radius 2 is 2.08 bits per heavy atom. The van der Waals surface area contributed by atoms with Gasteiger partial charge in [0.1, 0.15) is 14.9 Å². The molecule has 4 aromatic rings. The van der Waals surface area contributed by atoms with Crippen molar-refractivity contribution in [1.29, 1.82) is 0 Å². The van der Waals surface area contributed by atoms with Crippen molar-refractivity contribution in [2.45, 2.75) is 42.9 Å². The fourth-order valence-electron chi connectivity index (χ4n) is 4.48. The minimum Gasteiger partial charge on any atom is -0.392 e. The standard InChI is InChI=1S/C24H23F3N4O5S3/c1-2-30-19(22-28-12-17(38-22)14-29-9-8-16(32)13-29)11-15-5-3-6-18(21(15)30)31(36-23(33)24(25,26)27)39(34,35)20-7-4-10-37-20/h3-7,10-12,16,32H,2,8-9,13-14H2,1H3. The molecule has 0 bridgehead atoms. The summed E-state index contributed by atoms with van der Waals surface area (Å²) in [4.78, 5) is 24.0. The molecule has 0 spiro atoms. The molecule has 0 amide bonds. The van der Waals surface area contributed by atoms with Crippen molar-refractivity contribution in [3.63, 3.8) is 0 Å². The molecule has 208 valence electrons. The molecule has 1 aliphatic rings. The fourth-order valence-corrected chi connectivity index (χ4v) is 7.75. The number of carbonyl (C=O) groups excluding carboxylic acids is 1. The Labute approximate surface area is 229 Å². The van der Waals surface area contributed by atoms with Gasteiger partial charge in [0.25, 0.3) is 0 Å². The van der Waals surface area contributed by atoms with E-state index in [1.54, 1.807) is 29.8 Å². The second-order valence-electron chi connectivity index (χ2n) is 8.84. The third-order valence-electron chi connectivity index (χ3n) is 6.18. The van der Waals surface area contributed by atoms with Gasteiger partial charge in [-0.05, 0) is 36.9 Å². The van der Waals surface area contributed by atoms with Crippen molar-refractivity contribution >= 4 is 55.3 Å². The molecule has 1 unspecified atom stereocenters. The topological polar surface area (TPSA) is 105 Å². The number of sulfonamides is 1. The van der Waals surface area contributed by atoms with E-state index in [2.05, 4.69) is 14.7 Å². The van der Waals surface area contributed by atoms with Crippen molar-refractivity contribution in [2.24, 2.45) is 0 Å². The zero-order valence-electron chi connectivity index (χ0n) is 20.5. The number of fused-ring (bicyclic) bond motifs is 1. The van der Waals surface area contributed by atoms with Crippen LogP contribution in [-0.2, 0) is 32.7 Å². The number of thiazole rings is 1. The second kappa shape index (κ2) is 10.5. The van der Waals surface area contributed by atoms with Gasteiger partial charge in [-0.25, -0.2) is 9.78 Å². The van der Waals surface area contributed by atoms with Crippen molar-refractivity contribution in [1.82, 2.24) is 14.5 Å². The lowest BCUT2D eigenvalue weighted by Gasteiger charge is -2.24. The number of anilines is 1. The summed E-state index contributed by atoms with van der Waals surface area (Å²) in [5, 5.41) is 12.4. The number of carbonyl (C=O) groups is 1. The van der Waals surface area contributed by atoms with Gasteiger partial charge in [-0.3, -0.25) is 4.90 Å². The number of aliphatic hydroxyl groups excluding tert-OH is 1. The fraction of sp³-hybridized carbons (Fsp3) is 0.333. The van der Waals surface area contributed by atoms with Crippen LogP contribution in [0.5, 0.6) is 0 Å². The number of β-amino-alcohol motifs (C(OH)–C–C–N with tert-alkyl or cyclic N) is 1. The van der Waals surface area contributed by atoms with Crippen LogP contribution in [0.4, 0.5) is 18.9 Å². The minimum absolute atomic E-state index is 0.0545. The van der Waals surface area contributed by atoms with Crippen LogP contribution in [0.2, 0.25) is 0 Å². The first kappa shape index (κ1) is 27.6. The number of alkyl halides is 3. The quantitative estimate of drug-likeness (QED) is 0.294. The first-order valence-electron chi connectivity index (χ1n) is 11.8. The van der Waals surface area contributed by atoms with Gasteiger partial charge in [0.15, 0.2) is 0 Å². The summed E-state index contributed by atoms with van der Waals surface area (Å²) < 4.78 is 67.9. The minimum atomic E-state index is -5.42. The summed E-state index contributed by atoms with van der Waals surface area (Å²) in [7, 11) is -4.70. The molecule has 0 aliphatic carbocycles. The molecule has 0 saturated carbocycles. The Morgan fingerprint density at radius 3 is 2.72 bits per heavy atom. The summed E-state index contributed by atoms with van der Waals surface area (Å²) in [6.45, 7) is 4.10. The van der Waals surface area contributed by atoms with Gasteiger partial charge in [-0.2, -0.15) is 21.6 Å². The van der Waals surface area contributed by atoms with Crippen LogP contribution in [-0.4, -0.2) is 59.3 Å². The van der Waals surface area contributed by atoms with Crippen molar-refractivity contribution in [3.05, 3.63) is 52.9 Å². The van der Waals surface area contributed by atoms with E-state index < -0.39 is 22.2 Å². The summed E-state index contributed by atoms with van der Waals surface area (Å²) in [5.74, 6) is -2.66. The molecule has 9 nitrogen and oxygen atoms in total. The average molecular weight is 601 g/mol. The van der Waals surface area contributed by atoms with Gasteiger partial charge >= 0.3 is 22.2 Å². The molecule has 0 radical (unpaired) electrons. The number of rotatable bonds is 8. The van der Waals surface area contributed by atoms with Gasteiger partial charge in [-0.15, -0.1) is 22.7 Å². The molecular formula is C24H23F3N4O5S3. The summed E-state index contributed by atoms with van der Waals surface area (Å²) >= 11 is 2.21. The highest BCUT2D eigenvalue weighted by atomic mass is 32.2. The van der Waals surface area contributed by atoms with Gasteiger partial charge < -0.3 is 14.5 Å². The van der Waals surface area contributed by atoms with Crippen molar-refractivity contribution in [2.75, 3.05) is 17.6 Å². The molecule has 1 atom stereocenters. The highest BCUT2D eigenvalue weighted by molar-refractivity contribution is 7.94. The zero-order valence-corrected chi connectivity index (χ0v) is 22.9. The molecule has 3 aromatic heterocycles. The lowest BCUT2D eigenvalue weighted by Crippen LogP contribution is -2.38. The Balaban J connectivity index is 1.60. The van der Waals surface area contributed by atoms with E-state index in [0.29, 0.717) is 42.1 Å². The Bertz CT molecular complexity index is 1600. The van der Waals surface area contributed by atoms with Crippen LogP contribution >= 0.6 is 22.7 Å². The Kier molecular flexibility index (Phi) is 7.45. The third kappa shape index (κ3) is 5.41. The number of nitrogens with zero attached hydrogens (tertiary/aromatic N) is 4. The van der Waals surface area contributed by atoms with Crippen LogP contribution < -0.4 is 4.47 Å². The molecule has 5 rings (SSSR count). The molecule has 1 fully saturated rings. The predicted octanol–water partition coefficient (Wildman–Crippen LogP) is 4.63. The molecule has 4 heterocycles. The largest absolute Gasteiger partial charge is 0.493 e. The van der Waals surface area contributed by atoms with Crippen molar-refractivity contribution < 1.29 is 36.3 Å². The lowest BCUT2D eigenvalue weighted by atomic mass is 10.2. The van der Waals surface area contributed by atoms with Gasteiger partial charge in [0.05, 0.1) is 17.3 Å². The number of aromatic nitrogens is 2. The second-order valence-corrected chi connectivity index (χ2v) is 12.9. The maximum Gasteiger partial charge on any atom is 0.493 e. The van der Waals surface area contributed by atoms with Crippen LogP contribution in [0.1, 0.15) is 18.2 Å². The normalized spacial score (nSPS) is 16.7. The number of thiophene rings is 1. The molecule has 1 N–H and O–H groups in total. The molecule has 1 saturated heterocycles. The maximum absolute atomic E-state index is 13.4. The lowest BCUT2D eigenvalue weighted by molar-refractivity contribution is -0.199. The molecule has 1 aromatic carbocycles. The van der Waals surface area contributed by atoms with Crippen LogP contribution in [0.25, 0.3) is 21.6 Å². The van der Waals surface area contributed by atoms with E-state index >= 15 is 0 Å². The first-order valence-corrected chi connectivity index (χ1v) is 15.0. The number of aliphatic hydroxyl groups is 1. The van der Waals surface area contributed by atoms with E-state index in [-0.39, 0.29) is 26.0 Å². The Hall–Kier alpha value is -2.98. The molecule has 1 aliphatic heterocycles. The first-order chi connectivity index (χ1) is 18.5. The number of aryl methyl sites for hydroxylation is 1. The predicted molar refractivity (Wildman–Crippen MR) is 141 cm³/mol. The third-order valence-corrected chi connectivity index (χ3v) is 10.1. The summed E-state index contributed by atoms with van der Waals surface area (Å²) in [6, 6.07) is 8.88. The SMILES string of the molecule is CCn1c(-c2ncc(CN3CCC(O)C3)s2)cc2cccc(N(OC(=O)C(F)(F)F)S(=O)(=O)c3cccs3)c21. The van der Waals surface area contributed by atoms with E-state index in [9.17, 15) is 31.5 Å². The van der Waals surface area contributed by atoms with Crippen LogP contribution in [0.15, 0.2) is 52.2 Å². The number of hydrogen-bond donors (Lipinski definition) is 1. The number of hydrogen-bond acceptors (Lipinski definition) is 9. The van der Waals surface area contributed by atoms with Crippen LogP contribution in [0, 0.1) is 0 Å². The van der Waals surface area contributed by atoms with Gasteiger partial charge in [-0.1, -0.05) is 22.7 Å². The van der Waals surface area contributed by atoms with E-state index in [1.807, 2.05) is 0 Å². The average Bonchev–Trinajstić information content (AvgIpc) is 3.68. The van der Waals surface area contributed by atoms with Crippen LogP contribution in [0.3, 0.4) is 0 Å². The number of likely N-dealkylation sites (tertiary alicyclic amines) is 1. The Morgan fingerprint density at radius 1 is 1.28 bits per heavy atom. The molecule has 15 heteroatoms. The zero-order chi connectivity index (χ0) is 27.9. The van der Waals surface area contributed by atoms with Crippen molar-refractivity contribution in [3.8, 4) is 10.7 Å². The van der Waals surface area contributed by atoms with E-state index in [1.165, 1.54) is 41.0 Å². The summed E-state index contributed by atoms with van der Waals surface area (Å²) in [6.07, 6.45) is -3.32. The molecular weight excluding hydrogens is 577 g/mol. The number of benzene rings is 1.